The highest BCUT2D eigenvalue weighted by atomic mass is 19.1. The number of benzene rings is 1. The molecular weight excluding hydrogens is 383 g/mol. The van der Waals surface area contributed by atoms with Crippen molar-refractivity contribution < 1.29 is 4.39 Å². The van der Waals surface area contributed by atoms with Gasteiger partial charge in [-0.2, -0.15) is 5.26 Å². The summed E-state index contributed by atoms with van der Waals surface area (Å²) in [6, 6.07) is 7.07. The Bertz CT molecular complexity index is 1250. The van der Waals surface area contributed by atoms with Crippen molar-refractivity contribution in [3.05, 3.63) is 42.5 Å². The Morgan fingerprint density at radius 2 is 2.07 bits per heavy atom. The predicted molar refractivity (Wildman–Crippen MR) is 110 cm³/mol. The second kappa shape index (κ2) is 7.37. The molecule has 0 spiro atoms. The van der Waals surface area contributed by atoms with E-state index in [1.54, 1.807) is 18.5 Å². The molecule has 1 fully saturated rings. The van der Waals surface area contributed by atoms with Crippen LogP contribution in [0.25, 0.3) is 22.2 Å². The molecule has 0 radical (unpaired) electrons. The van der Waals surface area contributed by atoms with Crippen LogP contribution in [0.1, 0.15) is 50.5 Å². The summed E-state index contributed by atoms with van der Waals surface area (Å²) in [7, 11) is 0. The number of H-pyrrole nitrogens is 1. The summed E-state index contributed by atoms with van der Waals surface area (Å²) in [6.45, 7) is 2.01. The normalized spacial score (nSPS) is 20.3. The molecular formula is C21H21FN8. The molecule has 2 N–H and O–H groups in total. The maximum Gasteiger partial charge on any atom is 0.162 e. The second-order valence-corrected chi connectivity index (χ2v) is 7.80. The average Bonchev–Trinajstić information content (AvgIpc) is 3.39. The first-order valence-electron chi connectivity index (χ1n) is 10.1. The van der Waals surface area contributed by atoms with Crippen molar-refractivity contribution in [1.82, 2.24) is 29.5 Å². The van der Waals surface area contributed by atoms with E-state index in [0.717, 1.165) is 42.5 Å². The van der Waals surface area contributed by atoms with Gasteiger partial charge in [-0.05, 0) is 50.8 Å². The molecule has 8 nitrogen and oxygen atoms in total. The highest BCUT2D eigenvalue weighted by Gasteiger charge is 2.28. The van der Waals surface area contributed by atoms with Crippen molar-refractivity contribution >= 4 is 28.0 Å². The van der Waals surface area contributed by atoms with Gasteiger partial charge in [-0.15, -0.1) is 0 Å². The number of imidazole rings is 2. The maximum atomic E-state index is 14.1. The molecule has 4 aromatic rings. The van der Waals surface area contributed by atoms with Crippen LogP contribution >= 0.6 is 0 Å². The number of nitrogens with zero attached hydrogens (tertiary/aromatic N) is 6. The number of aromatic nitrogens is 6. The van der Waals surface area contributed by atoms with E-state index in [9.17, 15) is 9.65 Å². The maximum absolute atomic E-state index is 14.1. The summed E-state index contributed by atoms with van der Waals surface area (Å²) in [5.41, 5.74) is 2.86. The van der Waals surface area contributed by atoms with Crippen molar-refractivity contribution in [2.75, 3.05) is 5.32 Å². The molecule has 5 rings (SSSR count). The van der Waals surface area contributed by atoms with Crippen LogP contribution in [0.5, 0.6) is 0 Å². The topological polar surface area (TPSA) is 108 Å². The minimum Gasteiger partial charge on any atom is -0.358 e. The Labute approximate surface area is 172 Å². The zero-order chi connectivity index (χ0) is 20.7. The number of aromatic amines is 1. The molecule has 1 aliphatic rings. The van der Waals surface area contributed by atoms with Gasteiger partial charge >= 0.3 is 0 Å². The van der Waals surface area contributed by atoms with Crippen LogP contribution < -0.4 is 5.32 Å². The molecule has 0 bridgehead atoms. The Balaban J connectivity index is 1.54. The van der Waals surface area contributed by atoms with E-state index < -0.39 is 0 Å². The lowest BCUT2D eigenvalue weighted by Gasteiger charge is -2.29. The highest BCUT2D eigenvalue weighted by molar-refractivity contribution is 5.82. The standard InChI is InChI=1S/C21H21FN8/c1-12(28-20-18-19(25-10-24-18)26-11-27-20)21-29-16-7-4-14(22)8-17(16)30(21)15-5-2-13(9-23)3-6-15/h4,7-8,10-13,15H,2-3,5-6H2,1H3,(H2,24,25,26,27,28)/t12-,13-,15-/m0/s1. The smallest absolute Gasteiger partial charge is 0.162 e. The van der Waals surface area contributed by atoms with E-state index in [2.05, 4.69) is 35.9 Å². The predicted octanol–water partition coefficient (Wildman–Crippen LogP) is 4.27. The molecule has 0 unspecified atom stereocenters. The third-order valence-corrected chi connectivity index (χ3v) is 5.88. The SMILES string of the molecule is C[C@H](Nc1ncnc2[nH]cnc12)c1nc2ccc(F)cc2n1[C@H]1CC[C@H](C#N)CC1. The van der Waals surface area contributed by atoms with Gasteiger partial charge in [0, 0.05) is 12.0 Å². The van der Waals surface area contributed by atoms with Crippen molar-refractivity contribution in [2.24, 2.45) is 5.92 Å². The molecule has 1 aromatic carbocycles. The molecule has 152 valence electrons. The quantitative estimate of drug-likeness (QED) is 0.526. The molecule has 9 heteroatoms. The molecule has 0 amide bonds. The van der Waals surface area contributed by atoms with E-state index in [1.807, 2.05) is 6.92 Å². The zero-order valence-electron chi connectivity index (χ0n) is 16.5. The van der Waals surface area contributed by atoms with Crippen molar-refractivity contribution in [2.45, 2.75) is 44.7 Å². The zero-order valence-corrected chi connectivity index (χ0v) is 16.5. The number of rotatable bonds is 4. The van der Waals surface area contributed by atoms with Crippen LogP contribution in [0.2, 0.25) is 0 Å². The Kier molecular flexibility index (Phi) is 4.54. The fourth-order valence-corrected chi connectivity index (χ4v) is 4.38. The van der Waals surface area contributed by atoms with Crippen LogP contribution in [-0.4, -0.2) is 29.5 Å². The highest BCUT2D eigenvalue weighted by Crippen LogP contribution is 2.37. The van der Waals surface area contributed by atoms with E-state index in [-0.39, 0.29) is 23.8 Å². The Morgan fingerprint density at radius 3 is 2.87 bits per heavy atom. The van der Waals surface area contributed by atoms with Crippen LogP contribution in [0, 0.1) is 23.1 Å². The van der Waals surface area contributed by atoms with Crippen LogP contribution in [0.15, 0.2) is 30.9 Å². The molecule has 1 aliphatic carbocycles. The van der Waals surface area contributed by atoms with Gasteiger partial charge in [0.2, 0.25) is 0 Å². The number of nitriles is 1. The lowest BCUT2D eigenvalue weighted by atomic mass is 9.86. The van der Waals surface area contributed by atoms with Crippen molar-refractivity contribution in [3.63, 3.8) is 0 Å². The van der Waals surface area contributed by atoms with E-state index in [4.69, 9.17) is 4.98 Å². The first-order chi connectivity index (χ1) is 14.6. The average molecular weight is 404 g/mol. The fourth-order valence-electron chi connectivity index (χ4n) is 4.38. The summed E-state index contributed by atoms with van der Waals surface area (Å²) in [4.78, 5) is 20.6. The number of fused-ring (bicyclic) bond motifs is 2. The van der Waals surface area contributed by atoms with Crippen molar-refractivity contribution in [1.29, 1.82) is 5.26 Å². The monoisotopic (exact) mass is 404 g/mol. The Morgan fingerprint density at radius 1 is 1.23 bits per heavy atom. The first kappa shape index (κ1) is 18.5. The fraction of sp³-hybridized carbons (Fsp3) is 0.381. The van der Waals surface area contributed by atoms with Gasteiger partial charge in [-0.1, -0.05) is 0 Å². The molecule has 30 heavy (non-hydrogen) atoms. The molecule has 0 aliphatic heterocycles. The molecule has 1 atom stereocenters. The summed E-state index contributed by atoms with van der Waals surface area (Å²) in [6.07, 6.45) is 6.50. The molecule has 0 saturated heterocycles. The van der Waals surface area contributed by atoms with Gasteiger partial charge in [0.1, 0.15) is 23.5 Å². The van der Waals surface area contributed by atoms with Crippen LogP contribution in [-0.2, 0) is 0 Å². The first-order valence-corrected chi connectivity index (χ1v) is 10.1. The lowest BCUT2D eigenvalue weighted by molar-refractivity contribution is 0.311. The molecule has 3 aromatic heterocycles. The lowest BCUT2D eigenvalue weighted by Crippen LogP contribution is -2.22. The summed E-state index contributed by atoms with van der Waals surface area (Å²) in [5, 5.41) is 12.6. The summed E-state index contributed by atoms with van der Waals surface area (Å²) >= 11 is 0. The number of hydrogen-bond acceptors (Lipinski definition) is 6. The molecule has 3 heterocycles. The minimum absolute atomic E-state index is 0.0979. The number of nitrogens with one attached hydrogen (secondary N) is 2. The van der Waals surface area contributed by atoms with Gasteiger partial charge < -0.3 is 14.9 Å². The number of anilines is 1. The number of halogens is 1. The third kappa shape index (κ3) is 3.14. The van der Waals surface area contributed by atoms with Gasteiger partial charge in [-0.3, -0.25) is 0 Å². The number of hydrogen-bond donors (Lipinski definition) is 2. The summed E-state index contributed by atoms with van der Waals surface area (Å²) < 4.78 is 16.2. The summed E-state index contributed by atoms with van der Waals surface area (Å²) in [5.74, 6) is 1.25. The van der Waals surface area contributed by atoms with E-state index in [0.29, 0.717) is 17.0 Å². The van der Waals surface area contributed by atoms with Gasteiger partial charge in [0.15, 0.2) is 11.5 Å². The molecule has 1 saturated carbocycles. The third-order valence-electron chi connectivity index (χ3n) is 5.88. The van der Waals surface area contributed by atoms with Gasteiger partial charge in [0.05, 0.1) is 29.5 Å². The van der Waals surface area contributed by atoms with Crippen molar-refractivity contribution in [3.8, 4) is 6.07 Å². The van der Waals surface area contributed by atoms with Gasteiger partial charge in [0.25, 0.3) is 0 Å². The van der Waals surface area contributed by atoms with Crippen LogP contribution in [0.3, 0.4) is 0 Å². The van der Waals surface area contributed by atoms with E-state index >= 15 is 0 Å². The van der Waals surface area contributed by atoms with Gasteiger partial charge in [-0.25, -0.2) is 24.3 Å². The Hall–Kier alpha value is -3.54. The largest absolute Gasteiger partial charge is 0.358 e. The van der Waals surface area contributed by atoms with Crippen LogP contribution in [0.4, 0.5) is 10.2 Å². The minimum atomic E-state index is -0.282. The second-order valence-electron chi connectivity index (χ2n) is 7.80. The van der Waals surface area contributed by atoms with E-state index in [1.165, 1.54) is 12.4 Å².